The van der Waals surface area contributed by atoms with Crippen LogP contribution in [0.25, 0.3) is 0 Å². The molecule has 3 aromatic rings. The molecule has 0 aliphatic carbocycles. The van der Waals surface area contributed by atoms with Gasteiger partial charge in [0.05, 0.1) is 17.4 Å². The Morgan fingerprint density at radius 1 is 1.24 bits per heavy atom. The average Bonchev–Trinajstić information content (AvgIpc) is 3.16. The molecule has 0 saturated heterocycles. The number of nitrogens with one attached hydrogen (secondary N) is 1. The first-order valence-corrected chi connectivity index (χ1v) is 11.5. The monoisotopic (exact) mass is 490 g/mol. The summed E-state index contributed by atoms with van der Waals surface area (Å²) in [6.45, 7) is 8.83. The minimum Gasteiger partial charge on any atom is -0.490 e. The summed E-state index contributed by atoms with van der Waals surface area (Å²) in [6.07, 6.45) is 1.72. The fourth-order valence-electron chi connectivity index (χ4n) is 2.89. The molecule has 0 saturated carbocycles. The molecule has 0 fully saturated rings. The van der Waals surface area contributed by atoms with Crippen molar-refractivity contribution in [2.75, 3.05) is 17.7 Å². The van der Waals surface area contributed by atoms with Crippen LogP contribution in [0.4, 0.5) is 10.1 Å². The summed E-state index contributed by atoms with van der Waals surface area (Å²) in [5, 5.41) is 11.6. The fourth-order valence-corrected chi connectivity index (χ4v) is 3.84. The highest BCUT2D eigenvalue weighted by atomic mass is 35.5. The van der Waals surface area contributed by atoms with Crippen molar-refractivity contribution in [2.24, 2.45) is 0 Å². The van der Waals surface area contributed by atoms with Gasteiger partial charge in [-0.2, -0.15) is 0 Å². The Bertz CT molecular complexity index is 1140. The van der Waals surface area contributed by atoms with Crippen LogP contribution in [0.2, 0.25) is 5.02 Å². The molecule has 2 aromatic carbocycles. The fraction of sp³-hybridized carbons (Fsp3) is 0.261. The second kappa shape index (κ2) is 11.7. The molecule has 0 radical (unpaired) electrons. The molecular weight excluding hydrogens is 467 g/mol. The summed E-state index contributed by atoms with van der Waals surface area (Å²) >= 11 is 6.97. The predicted octanol–water partition coefficient (Wildman–Crippen LogP) is 5.27. The number of hydrogen-bond donors (Lipinski definition) is 1. The first kappa shape index (κ1) is 24.6. The normalized spacial score (nSPS) is 10.7. The van der Waals surface area contributed by atoms with Crippen molar-refractivity contribution in [3.05, 3.63) is 71.3 Å². The number of carbonyl (C=O) groups is 1. The smallest absolute Gasteiger partial charge is 0.234 e. The number of hydrogen-bond acceptors (Lipinski definition) is 6. The van der Waals surface area contributed by atoms with Crippen LogP contribution in [0.5, 0.6) is 11.5 Å². The van der Waals surface area contributed by atoms with Gasteiger partial charge < -0.3 is 14.8 Å². The number of amides is 1. The van der Waals surface area contributed by atoms with Crippen LogP contribution in [-0.4, -0.2) is 33.0 Å². The number of anilines is 1. The van der Waals surface area contributed by atoms with Gasteiger partial charge in [-0.1, -0.05) is 35.5 Å². The molecule has 0 aliphatic rings. The molecule has 0 aliphatic heterocycles. The van der Waals surface area contributed by atoms with E-state index in [0.717, 1.165) is 5.56 Å². The van der Waals surface area contributed by atoms with Crippen molar-refractivity contribution < 1.29 is 18.7 Å². The summed E-state index contributed by atoms with van der Waals surface area (Å²) in [6, 6.07) is 9.72. The minimum absolute atomic E-state index is 0.0584. The van der Waals surface area contributed by atoms with Gasteiger partial charge in [0, 0.05) is 12.2 Å². The zero-order valence-electron chi connectivity index (χ0n) is 18.3. The third-order valence-corrected chi connectivity index (χ3v) is 5.65. The van der Waals surface area contributed by atoms with Crippen LogP contribution in [0, 0.1) is 12.7 Å². The van der Waals surface area contributed by atoms with E-state index in [9.17, 15) is 9.18 Å². The highest BCUT2D eigenvalue weighted by molar-refractivity contribution is 7.99. The molecule has 1 heterocycles. The SMILES string of the molecule is C=CCn1c(COc2ccc(C)cc2OCC)nnc1SCC(=O)Nc1ccc(F)c(Cl)c1. The van der Waals surface area contributed by atoms with E-state index in [1.807, 2.05) is 36.6 Å². The molecule has 0 atom stereocenters. The molecule has 7 nitrogen and oxygen atoms in total. The number of nitrogens with zero attached hydrogens (tertiary/aromatic N) is 3. The maximum absolute atomic E-state index is 13.3. The van der Waals surface area contributed by atoms with E-state index in [1.165, 1.54) is 30.0 Å². The minimum atomic E-state index is -0.546. The largest absolute Gasteiger partial charge is 0.490 e. The van der Waals surface area contributed by atoms with Gasteiger partial charge >= 0.3 is 0 Å². The van der Waals surface area contributed by atoms with E-state index in [-0.39, 0.29) is 23.3 Å². The molecule has 0 bridgehead atoms. The molecule has 0 unspecified atom stereocenters. The Morgan fingerprint density at radius 3 is 2.79 bits per heavy atom. The standard InChI is InChI=1S/C23H24ClFN4O3S/c1-4-10-29-21(13-32-19-9-6-15(3)11-20(19)31-5-2)27-28-23(29)33-14-22(30)26-16-7-8-18(25)17(24)12-16/h4,6-9,11-12H,1,5,10,13-14H2,2-3H3,(H,26,30). The van der Waals surface area contributed by atoms with E-state index in [4.69, 9.17) is 21.1 Å². The van der Waals surface area contributed by atoms with Crippen LogP contribution in [-0.2, 0) is 17.9 Å². The van der Waals surface area contributed by atoms with Gasteiger partial charge in [-0.3, -0.25) is 9.36 Å². The zero-order valence-corrected chi connectivity index (χ0v) is 19.9. The van der Waals surface area contributed by atoms with E-state index < -0.39 is 5.82 Å². The van der Waals surface area contributed by atoms with Crippen molar-refractivity contribution in [2.45, 2.75) is 32.2 Å². The highest BCUT2D eigenvalue weighted by Crippen LogP contribution is 2.29. The summed E-state index contributed by atoms with van der Waals surface area (Å²) in [5.41, 5.74) is 1.48. The maximum Gasteiger partial charge on any atom is 0.234 e. The number of thioether (sulfide) groups is 1. The summed E-state index contributed by atoms with van der Waals surface area (Å²) in [7, 11) is 0. The Morgan fingerprint density at radius 2 is 2.06 bits per heavy atom. The first-order valence-electron chi connectivity index (χ1n) is 10.2. The lowest BCUT2D eigenvalue weighted by molar-refractivity contribution is -0.113. The van der Waals surface area contributed by atoms with Crippen LogP contribution in [0.15, 0.2) is 54.2 Å². The average molecular weight is 491 g/mol. The Balaban J connectivity index is 1.65. The highest BCUT2D eigenvalue weighted by Gasteiger charge is 2.15. The summed E-state index contributed by atoms with van der Waals surface area (Å²) in [4.78, 5) is 12.3. The Kier molecular flexibility index (Phi) is 8.73. The molecule has 10 heteroatoms. The first-order chi connectivity index (χ1) is 15.9. The van der Waals surface area contributed by atoms with Gasteiger partial charge in [-0.15, -0.1) is 16.8 Å². The third kappa shape index (κ3) is 6.72. The quantitative estimate of drug-likeness (QED) is 0.291. The second-order valence-corrected chi connectivity index (χ2v) is 8.29. The second-order valence-electron chi connectivity index (χ2n) is 6.94. The Labute approximate surface area is 200 Å². The zero-order chi connectivity index (χ0) is 23.8. The molecule has 174 valence electrons. The number of carbonyl (C=O) groups excluding carboxylic acids is 1. The number of allylic oxidation sites excluding steroid dienone is 1. The Hall–Kier alpha value is -3.04. The van der Waals surface area contributed by atoms with Crippen LogP contribution >= 0.6 is 23.4 Å². The van der Waals surface area contributed by atoms with Gasteiger partial charge in [0.2, 0.25) is 5.91 Å². The van der Waals surface area contributed by atoms with Gasteiger partial charge in [-0.05, 0) is 49.7 Å². The third-order valence-electron chi connectivity index (χ3n) is 4.40. The number of aromatic nitrogens is 3. The van der Waals surface area contributed by atoms with Gasteiger partial charge in [-0.25, -0.2) is 4.39 Å². The van der Waals surface area contributed by atoms with Crippen LogP contribution < -0.4 is 14.8 Å². The molecule has 0 spiro atoms. The van der Waals surface area contributed by atoms with Crippen molar-refractivity contribution >= 4 is 35.0 Å². The van der Waals surface area contributed by atoms with E-state index >= 15 is 0 Å². The number of halogens is 2. The predicted molar refractivity (Wildman–Crippen MR) is 128 cm³/mol. The van der Waals surface area contributed by atoms with Crippen LogP contribution in [0.1, 0.15) is 18.3 Å². The maximum atomic E-state index is 13.3. The molecular formula is C23H24ClFN4O3S. The lowest BCUT2D eigenvalue weighted by Crippen LogP contribution is -2.15. The lowest BCUT2D eigenvalue weighted by Gasteiger charge is -2.13. The van der Waals surface area contributed by atoms with Crippen LogP contribution in [0.3, 0.4) is 0 Å². The van der Waals surface area contributed by atoms with Crippen molar-refractivity contribution in [3.63, 3.8) is 0 Å². The molecule has 3 rings (SSSR count). The lowest BCUT2D eigenvalue weighted by atomic mass is 10.2. The summed E-state index contributed by atoms with van der Waals surface area (Å²) < 4.78 is 26.7. The van der Waals surface area contributed by atoms with E-state index in [1.54, 1.807) is 6.08 Å². The van der Waals surface area contributed by atoms with E-state index in [2.05, 4.69) is 22.1 Å². The summed E-state index contributed by atoms with van der Waals surface area (Å²) in [5.74, 6) is 1.12. The van der Waals surface area contributed by atoms with Crippen molar-refractivity contribution in [1.29, 1.82) is 0 Å². The molecule has 33 heavy (non-hydrogen) atoms. The molecule has 1 amide bonds. The van der Waals surface area contributed by atoms with E-state index in [0.29, 0.717) is 41.3 Å². The van der Waals surface area contributed by atoms with Gasteiger partial charge in [0.1, 0.15) is 12.4 Å². The topological polar surface area (TPSA) is 78.3 Å². The van der Waals surface area contributed by atoms with Crippen molar-refractivity contribution in [1.82, 2.24) is 14.8 Å². The number of benzene rings is 2. The molecule has 1 N–H and O–H groups in total. The number of rotatable bonds is 11. The number of ether oxygens (including phenoxy) is 2. The number of aryl methyl sites for hydroxylation is 1. The van der Waals surface area contributed by atoms with Crippen molar-refractivity contribution in [3.8, 4) is 11.5 Å². The molecule has 1 aromatic heterocycles. The van der Waals surface area contributed by atoms with Gasteiger partial charge in [0.15, 0.2) is 22.5 Å². The van der Waals surface area contributed by atoms with Gasteiger partial charge in [0.25, 0.3) is 0 Å².